The third-order valence-corrected chi connectivity index (χ3v) is 11.7. The molecule has 2 saturated carbocycles. The smallest absolute Gasteiger partial charge is 0.0540 e. The molecule has 2 fully saturated rings. The van der Waals surface area contributed by atoms with Gasteiger partial charge >= 0.3 is 0 Å². The van der Waals surface area contributed by atoms with Crippen LogP contribution in [-0.4, -0.2) is 0 Å². The third kappa shape index (κ3) is 4.10. The van der Waals surface area contributed by atoms with Gasteiger partial charge < -0.3 is 4.90 Å². The standard InChI is InChI=1S/C47H37N/c1-3-11-33(12-4-1)34-20-23-37(24-21-34)48(46-28-27-39(35-13-5-2-6-14-35)40-15-7-8-17-43(40)46)38-25-26-42-41-16-9-10-18-44(41)47(45(42)30-38)31-32-19-22-36(47)29-32/h1-18,20-21,23-28,30,32,36H,19,22,29,31H2. The molecule has 3 atom stereocenters. The summed E-state index contributed by atoms with van der Waals surface area (Å²) in [5.74, 6) is 1.57. The van der Waals surface area contributed by atoms with Gasteiger partial charge in [-0.1, -0.05) is 140 Å². The van der Waals surface area contributed by atoms with E-state index in [-0.39, 0.29) is 5.41 Å². The molecule has 2 bridgehead atoms. The molecule has 0 aliphatic heterocycles. The van der Waals surface area contributed by atoms with Crippen molar-refractivity contribution in [1.82, 2.24) is 0 Å². The van der Waals surface area contributed by atoms with Gasteiger partial charge in [0.05, 0.1) is 5.69 Å². The number of fused-ring (bicyclic) bond motifs is 9. The summed E-state index contributed by atoms with van der Waals surface area (Å²) in [6, 6.07) is 60.9. The van der Waals surface area contributed by atoms with E-state index in [1.165, 1.54) is 86.9 Å². The van der Waals surface area contributed by atoms with Crippen LogP contribution < -0.4 is 4.90 Å². The maximum atomic E-state index is 2.57. The first-order valence-corrected chi connectivity index (χ1v) is 17.6. The van der Waals surface area contributed by atoms with Crippen LogP contribution in [-0.2, 0) is 5.41 Å². The van der Waals surface area contributed by atoms with E-state index < -0.39 is 0 Å². The summed E-state index contributed by atoms with van der Waals surface area (Å²) >= 11 is 0. The first-order valence-electron chi connectivity index (χ1n) is 17.6. The van der Waals surface area contributed by atoms with Crippen LogP contribution in [0.2, 0.25) is 0 Å². The van der Waals surface area contributed by atoms with Crippen LogP contribution in [0.5, 0.6) is 0 Å². The Morgan fingerprint density at radius 3 is 1.83 bits per heavy atom. The second-order valence-electron chi connectivity index (χ2n) is 14.1. The van der Waals surface area contributed by atoms with Gasteiger partial charge in [-0.15, -0.1) is 0 Å². The molecule has 48 heavy (non-hydrogen) atoms. The normalized spacial score (nSPS) is 20.2. The van der Waals surface area contributed by atoms with Crippen LogP contribution in [0, 0.1) is 11.8 Å². The predicted octanol–water partition coefficient (Wildman–Crippen LogP) is 12.7. The lowest BCUT2D eigenvalue weighted by Crippen LogP contribution is -2.32. The highest BCUT2D eigenvalue weighted by atomic mass is 15.1. The van der Waals surface area contributed by atoms with Crippen LogP contribution in [0.15, 0.2) is 164 Å². The lowest BCUT2D eigenvalue weighted by molar-refractivity contribution is 0.327. The van der Waals surface area contributed by atoms with Crippen LogP contribution in [0.25, 0.3) is 44.2 Å². The summed E-state index contributed by atoms with van der Waals surface area (Å²) in [6.07, 6.45) is 5.39. The fraction of sp³-hybridized carbons (Fsp3) is 0.149. The van der Waals surface area contributed by atoms with Gasteiger partial charge in [-0.05, 0) is 111 Å². The van der Waals surface area contributed by atoms with Crippen molar-refractivity contribution in [3.8, 4) is 33.4 Å². The SMILES string of the molecule is c1ccc(-c2ccc(N(c3ccc4c(c3)C3(CC5CCC3C5)c3ccccc3-4)c3ccc(-c4ccccc4)c4ccccc34)cc2)cc1. The van der Waals surface area contributed by atoms with Crippen molar-refractivity contribution < 1.29 is 0 Å². The second-order valence-corrected chi connectivity index (χ2v) is 14.1. The summed E-state index contributed by atoms with van der Waals surface area (Å²) in [7, 11) is 0. The quantitative estimate of drug-likeness (QED) is 0.186. The minimum atomic E-state index is 0.132. The fourth-order valence-electron chi connectivity index (χ4n) is 9.73. The molecule has 0 heterocycles. The van der Waals surface area contributed by atoms with Crippen LogP contribution in [0.4, 0.5) is 17.1 Å². The molecular formula is C47H37N. The Morgan fingerprint density at radius 2 is 1.08 bits per heavy atom. The molecular weight excluding hydrogens is 579 g/mol. The summed E-state index contributed by atoms with van der Waals surface area (Å²) in [5.41, 5.74) is 14.7. The molecule has 3 unspecified atom stereocenters. The van der Waals surface area contributed by atoms with Gasteiger partial charge in [0.15, 0.2) is 0 Å². The zero-order valence-corrected chi connectivity index (χ0v) is 27.0. The Hall–Kier alpha value is -5.40. The Morgan fingerprint density at radius 1 is 0.458 bits per heavy atom. The highest BCUT2D eigenvalue weighted by molar-refractivity contribution is 6.06. The maximum absolute atomic E-state index is 2.57. The molecule has 0 aromatic heterocycles. The van der Waals surface area contributed by atoms with Crippen LogP contribution in [0.1, 0.15) is 36.8 Å². The molecule has 0 amide bonds. The van der Waals surface area contributed by atoms with Crippen LogP contribution in [0.3, 0.4) is 0 Å². The Kier molecular flexibility index (Phi) is 6.24. The number of hydrogen-bond donors (Lipinski definition) is 0. The van der Waals surface area contributed by atoms with Gasteiger partial charge in [-0.25, -0.2) is 0 Å². The van der Waals surface area contributed by atoms with E-state index in [9.17, 15) is 0 Å². The number of hydrogen-bond acceptors (Lipinski definition) is 1. The molecule has 1 spiro atoms. The highest BCUT2D eigenvalue weighted by Gasteiger charge is 2.56. The summed E-state index contributed by atoms with van der Waals surface area (Å²) in [6.45, 7) is 0. The molecule has 1 nitrogen and oxygen atoms in total. The van der Waals surface area contributed by atoms with E-state index in [1.807, 2.05) is 0 Å². The molecule has 3 aliphatic rings. The third-order valence-electron chi connectivity index (χ3n) is 11.7. The van der Waals surface area contributed by atoms with Crippen molar-refractivity contribution in [3.05, 3.63) is 175 Å². The lowest BCUT2D eigenvalue weighted by atomic mass is 9.67. The molecule has 3 aliphatic carbocycles. The maximum Gasteiger partial charge on any atom is 0.0540 e. The van der Waals surface area contributed by atoms with Gasteiger partial charge in [0, 0.05) is 22.2 Å². The van der Waals surface area contributed by atoms with Crippen molar-refractivity contribution in [2.75, 3.05) is 4.90 Å². The highest BCUT2D eigenvalue weighted by Crippen LogP contribution is 2.66. The van der Waals surface area contributed by atoms with E-state index >= 15 is 0 Å². The van der Waals surface area contributed by atoms with Gasteiger partial charge in [0.1, 0.15) is 0 Å². The van der Waals surface area contributed by atoms with E-state index in [0.717, 1.165) is 11.8 Å². The minimum absolute atomic E-state index is 0.132. The van der Waals surface area contributed by atoms with Crippen molar-refractivity contribution in [1.29, 1.82) is 0 Å². The average molecular weight is 616 g/mol. The van der Waals surface area contributed by atoms with E-state index in [1.54, 1.807) is 11.1 Å². The zero-order valence-electron chi connectivity index (χ0n) is 27.0. The molecule has 7 aromatic rings. The van der Waals surface area contributed by atoms with Crippen molar-refractivity contribution in [3.63, 3.8) is 0 Å². The van der Waals surface area contributed by atoms with Crippen LogP contribution >= 0.6 is 0 Å². The number of nitrogens with zero attached hydrogens (tertiary/aromatic N) is 1. The van der Waals surface area contributed by atoms with E-state index in [0.29, 0.717) is 0 Å². The fourth-order valence-corrected chi connectivity index (χ4v) is 9.73. The Labute approximate surface area is 283 Å². The average Bonchev–Trinajstić information content (AvgIpc) is 3.86. The predicted molar refractivity (Wildman–Crippen MR) is 201 cm³/mol. The molecule has 0 saturated heterocycles. The van der Waals surface area contributed by atoms with Crippen molar-refractivity contribution >= 4 is 27.8 Å². The molecule has 10 rings (SSSR count). The summed E-state index contributed by atoms with van der Waals surface area (Å²) < 4.78 is 0. The monoisotopic (exact) mass is 615 g/mol. The number of rotatable bonds is 5. The van der Waals surface area contributed by atoms with Gasteiger partial charge in [0.2, 0.25) is 0 Å². The molecule has 230 valence electrons. The Balaban J connectivity index is 1.19. The zero-order chi connectivity index (χ0) is 31.7. The largest absolute Gasteiger partial charge is 0.310 e. The number of anilines is 3. The van der Waals surface area contributed by atoms with Gasteiger partial charge in [0.25, 0.3) is 0 Å². The summed E-state index contributed by atoms with van der Waals surface area (Å²) in [5, 5.41) is 2.52. The van der Waals surface area contributed by atoms with Gasteiger partial charge in [-0.3, -0.25) is 0 Å². The first-order chi connectivity index (χ1) is 23.8. The lowest BCUT2D eigenvalue weighted by Gasteiger charge is -2.37. The number of benzene rings is 7. The summed E-state index contributed by atoms with van der Waals surface area (Å²) in [4.78, 5) is 2.51. The second kappa shape index (κ2) is 10.8. The van der Waals surface area contributed by atoms with E-state index in [2.05, 4.69) is 169 Å². The first kappa shape index (κ1) is 27.7. The van der Waals surface area contributed by atoms with Gasteiger partial charge in [-0.2, -0.15) is 0 Å². The molecule has 0 radical (unpaired) electrons. The van der Waals surface area contributed by atoms with Crippen molar-refractivity contribution in [2.45, 2.75) is 31.1 Å². The minimum Gasteiger partial charge on any atom is -0.310 e. The molecule has 1 heteroatoms. The topological polar surface area (TPSA) is 3.24 Å². The van der Waals surface area contributed by atoms with E-state index in [4.69, 9.17) is 0 Å². The molecule has 0 N–H and O–H groups in total. The Bertz CT molecular complexity index is 2300. The molecule has 7 aromatic carbocycles. The van der Waals surface area contributed by atoms with Crippen molar-refractivity contribution in [2.24, 2.45) is 11.8 Å².